The minimum Gasteiger partial charge on any atom is -0.269 e. The molecular formula is C21H15BrClN3O4S. The number of aromatic amines is 1. The van der Waals surface area contributed by atoms with Crippen molar-refractivity contribution in [1.82, 2.24) is 9.78 Å². The van der Waals surface area contributed by atoms with Gasteiger partial charge in [-0.3, -0.25) is 19.0 Å². The molecule has 1 N–H and O–H groups in total. The number of carbonyl (C=O) groups excluding carboxylic acids is 1. The van der Waals surface area contributed by atoms with Gasteiger partial charge < -0.3 is 0 Å². The van der Waals surface area contributed by atoms with Crippen molar-refractivity contribution in [2.24, 2.45) is 0 Å². The first-order valence-electron chi connectivity index (χ1n) is 8.98. The molecule has 7 nitrogen and oxygen atoms in total. The Bertz CT molecular complexity index is 1480. The van der Waals surface area contributed by atoms with Gasteiger partial charge in [0, 0.05) is 22.1 Å². The van der Waals surface area contributed by atoms with Crippen molar-refractivity contribution in [2.75, 3.05) is 11.4 Å². The number of sulfonamides is 1. The van der Waals surface area contributed by atoms with Crippen LogP contribution in [-0.2, 0) is 10.0 Å². The highest BCUT2D eigenvalue weighted by Gasteiger charge is 2.23. The summed E-state index contributed by atoms with van der Waals surface area (Å²) in [5, 5.41) is 3.34. The topological polar surface area (TPSA) is 92.2 Å². The molecule has 0 bridgehead atoms. The van der Waals surface area contributed by atoms with Gasteiger partial charge in [-0.2, -0.15) is 0 Å². The van der Waals surface area contributed by atoms with Crippen LogP contribution in [0, 0.1) is 0 Å². The Kier molecular flexibility index (Phi) is 5.50. The Balaban J connectivity index is 1.74. The maximum Gasteiger partial charge on any atom is 0.277 e. The molecule has 3 aromatic carbocycles. The third-order valence-corrected chi connectivity index (χ3v) is 7.32. The molecule has 1 aromatic heterocycles. The summed E-state index contributed by atoms with van der Waals surface area (Å²) in [4.78, 5) is 25.2. The standard InChI is InChI=1S/C21H15BrClN3O4S/c1-25(16-8-6-15(23)7-9-16)31(29,30)17-4-2-3-13(11-17)21(28)26-19-10-5-14(22)12-18(19)20(27)24-26/h2-12H,1H3,(H,24,27). The van der Waals surface area contributed by atoms with E-state index in [0.717, 1.165) is 8.99 Å². The summed E-state index contributed by atoms with van der Waals surface area (Å²) in [7, 11) is -2.52. The molecule has 0 saturated heterocycles. The Morgan fingerprint density at radius 3 is 2.48 bits per heavy atom. The second-order valence-corrected chi connectivity index (χ2v) is 10.0. The number of anilines is 1. The van der Waals surface area contributed by atoms with Gasteiger partial charge in [-0.15, -0.1) is 0 Å². The summed E-state index contributed by atoms with van der Waals surface area (Å²) < 4.78 is 29.1. The van der Waals surface area contributed by atoms with E-state index in [1.165, 1.54) is 31.3 Å². The van der Waals surface area contributed by atoms with Crippen molar-refractivity contribution in [3.63, 3.8) is 0 Å². The maximum absolute atomic E-state index is 13.1. The number of nitrogens with one attached hydrogen (secondary N) is 1. The van der Waals surface area contributed by atoms with Crippen LogP contribution in [0.5, 0.6) is 0 Å². The molecule has 0 aliphatic carbocycles. The maximum atomic E-state index is 13.1. The lowest BCUT2D eigenvalue weighted by Gasteiger charge is -2.20. The van der Waals surface area contributed by atoms with Gasteiger partial charge in [0.2, 0.25) is 0 Å². The number of nitrogens with zero attached hydrogens (tertiary/aromatic N) is 2. The SMILES string of the molecule is CN(c1ccc(Cl)cc1)S(=O)(=O)c1cccc(C(=O)n2[nH]c(=O)c3cc(Br)ccc32)c1. The third-order valence-electron chi connectivity index (χ3n) is 4.79. The molecule has 0 aliphatic heterocycles. The zero-order valence-corrected chi connectivity index (χ0v) is 19.2. The van der Waals surface area contributed by atoms with E-state index in [9.17, 15) is 18.0 Å². The fraction of sp³-hybridized carbons (Fsp3) is 0.0476. The Morgan fingerprint density at radius 2 is 1.77 bits per heavy atom. The Labute approximate surface area is 191 Å². The molecule has 0 saturated carbocycles. The highest BCUT2D eigenvalue weighted by molar-refractivity contribution is 9.10. The lowest BCUT2D eigenvalue weighted by atomic mass is 10.2. The van der Waals surface area contributed by atoms with Gasteiger partial charge in [0.25, 0.3) is 21.5 Å². The summed E-state index contributed by atoms with van der Waals surface area (Å²) >= 11 is 9.18. The van der Waals surface area contributed by atoms with Crippen molar-refractivity contribution in [3.05, 3.63) is 92.1 Å². The van der Waals surface area contributed by atoms with Crippen molar-refractivity contribution in [3.8, 4) is 0 Å². The van der Waals surface area contributed by atoms with Crippen LogP contribution in [0.1, 0.15) is 10.4 Å². The minimum absolute atomic E-state index is 0.0580. The van der Waals surface area contributed by atoms with E-state index < -0.39 is 21.5 Å². The van der Waals surface area contributed by atoms with Gasteiger partial charge in [-0.05, 0) is 60.7 Å². The van der Waals surface area contributed by atoms with E-state index in [2.05, 4.69) is 21.0 Å². The van der Waals surface area contributed by atoms with Crippen molar-refractivity contribution in [2.45, 2.75) is 4.90 Å². The summed E-state index contributed by atoms with van der Waals surface area (Å²) in [6.45, 7) is 0. The second kappa shape index (κ2) is 7.99. The predicted molar refractivity (Wildman–Crippen MR) is 123 cm³/mol. The number of H-pyrrole nitrogens is 1. The quantitative estimate of drug-likeness (QED) is 0.435. The van der Waals surface area contributed by atoms with Gasteiger partial charge in [0.15, 0.2) is 0 Å². The van der Waals surface area contributed by atoms with E-state index in [-0.39, 0.29) is 10.5 Å². The molecule has 31 heavy (non-hydrogen) atoms. The number of halogens is 2. The summed E-state index contributed by atoms with van der Waals surface area (Å²) in [5.74, 6) is -0.555. The average molecular weight is 521 g/mol. The first-order chi connectivity index (χ1) is 14.7. The monoisotopic (exact) mass is 519 g/mol. The van der Waals surface area contributed by atoms with Crippen LogP contribution < -0.4 is 9.86 Å². The molecule has 10 heteroatoms. The fourth-order valence-corrected chi connectivity index (χ4v) is 4.86. The molecule has 0 aliphatic rings. The van der Waals surface area contributed by atoms with Crippen LogP contribution in [0.2, 0.25) is 5.02 Å². The van der Waals surface area contributed by atoms with E-state index >= 15 is 0 Å². The predicted octanol–water partition coefficient (Wildman–Crippen LogP) is 4.26. The number of carbonyl (C=O) groups is 1. The smallest absolute Gasteiger partial charge is 0.269 e. The molecule has 0 radical (unpaired) electrons. The van der Waals surface area contributed by atoms with Gasteiger partial charge in [0.05, 0.1) is 21.5 Å². The fourth-order valence-electron chi connectivity index (χ4n) is 3.13. The largest absolute Gasteiger partial charge is 0.277 e. The molecule has 0 fully saturated rings. The summed E-state index contributed by atoms with van der Waals surface area (Å²) in [6, 6.07) is 17.0. The van der Waals surface area contributed by atoms with Crippen LogP contribution >= 0.6 is 27.5 Å². The van der Waals surface area contributed by atoms with Gasteiger partial charge in [-0.25, -0.2) is 13.1 Å². The number of hydrogen-bond acceptors (Lipinski definition) is 4. The van der Waals surface area contributed by atoms with E-state index in [0.29, 0.717) is 26.1 Å². The van der Waals surface area contributed by atoms with Crippen molar-refractivity contribution in [1.29, 1.82) is 0 Å². The molecule has 158 valence electrons. The highest BCUT2D eigenvalue weighted by Crippen LogP contribution is 2.25. The van der Waals surface area contributed by atoms with Crippen LogP contribution in [0.25, 0.3) is 10.9 Å². The van der Waals surface area contributed by atoms with Crippen LogP contribution in [0.3, 0.4) is 0 Å². The van der Waals surface area contributed by atoms with Crippen molar-refractivity contribution < 1.29 is 13.2 Å². The number of aromatic nitrogens is 2. The first kappa shape index (κ1) is 21.4. The van der Waals surface area contributed by atoms with Crippen LogP contribution in [-0.4, -0.2) is 31.2 Å². The minimum atomic E-state index is -3.94. The van der Waals surface area contributed by atoms with Crippen LogP contribution in [0.15, 0.2) is 80.9 Å². The van der Waals surface area contributed by atoms with E-state index in [1.54, 1.807) is 42.5 Å². The molecule has 1 heterocycles. The second-order valence-electron chi connectivity index (χ2n) is 6.72. The van der Waals surface area contributed by atoms with Gasteiger partial charge >= 0.3 is 0 Å². The Morgan fingerprint density at radius 1 is 1.06 bits per heavy atom. The number of benzene rings is 3. The molecule has 0 spiro atoms. The molecular weight excluding hydrogens is 506 g/mol. The molecule has 4 rings (SSSR count). The summed E-state index contributed by atoms with van der Waals surface area (Å²) in [6.07, 6.45) is 0. The normalized spacial score (nSPS) is 11.6. The molecule has 0 amide bonds. The lowest BCUT2D eigenvalue weighted by molar-refractivity contribution is 0.0949. The molecule has 0 atom stereocenters. The average Bonchev–Trinajstić information content (AvgIpc) is 3.09. The highest BCUT2D eigenvalue weighted by atomic mass is 79.9. The lowest BCUT2D eigenvalue weighted by Crippen LogP contribution is -2.27. The van der Waals surface area contributed by atoms with E-state index in [1.807, 2.05) is 0 Å². The van der Waals surface area contributed by atoms with Gasteiger partial charge in [0.1, 0.15) is 0 Å². The first-order valence-corrected chi connectivity index (χ1v) is 11.6. The molecule has 4 aromatic rings. The number of fused-ring (bicyclic) bond motifs is 1. The Hall–Kier alpha value is -2.88. The number of rotatable bonds is 4. The molecule has 0 unspecified atom stereocenters. The third kappa shape index (κ3) is 3.91. The summed E-state index contributed by atoms with van der Waals surface area (Å²) in [5.41, 5.74) is 0.509. The van der Waals surface area contributed by atoms with Gasteiger partial charge in [-0.1, -0.05) is 33.6 Å². The van der Waals surface area contributed by atoms with Crippen LogP contribution in [0.4, 0.5) is 5.69 Å². The van der Waals surface area contributed by atoms with E-state index in [4.69, 9.17) is 11.6 Å². The number of hydrogen-bond donors (Lipinski definition) is 1. The zero-order chi connectivity index (χ0) is 22.3. The van der Waals surface area contributed by atoms with Crippen molar-refractivity contribution >= 4 is 60.1 Å². The zero-order valence-electron chi connectivity index (χ0n) is 16.0.